The lowest BCUT2D eigenvalue weighted by molar-refractivity contribution is 0.155. The van der Waals surface area contributed by atoms with Crippen molar-refractivity contribution in [2.24, 2.45) is 0 Å². The molecule has 2 rings (SSSR count). The van der Waals surface area contributed by atoms with E-state index in [0.29, 0.717) is 11.3 Å². The average molecular weight is 336 g/mol. The third-order valence-corrected chi connectivity index (χ3v) is 3.18. The predicted octanol–water partition coefficient (Wildman–Crippen LogP) is 3.69. The molecular formula is C15H14BrNO3. The van der Waals surface area contributed by atoms with Gasteiger partial charge in [-0.25, -0.2) is 4.79 Å². The molecule has 0 spiro atoms. The van der Waals surface area contributed by atoms with Gasteiger partial charge in [-0.2, -0.15) is 0 Å². The first-order valence-electron chi connectivity index (χ1n) is 6.06. The third-order valence-electron chi connectivity index (χ3n) is 2.69. The summed E-state index contributed by atoms with van der Waals surface area (Å²) >= 11 is 3.31. The van der Waals surface area contributed by atoms with E-state index in [1.54, 1.807) is 18.2 Å². The molecule has 2 aromatic rings. The number of anilines is 1. The van der Waals surface area contributed by atoms with Crippen LogP contribution >= 0.6 is 15.9 Å². The molecule has 0 saturated heterocycles. The fourth-order valence-electron chi connectivity index (χ4n) is 1.68. The summed E-state index contributed by atoms with van der Waals surface area (Å²) in [7, 11) is 0. The highest BCUT2D eigenvalue weighted by molar-refractivity contribution is 9.10. The van der Waals surface area contributed by atoms with Crippen LogP contribution in [0.5, 0.6) is 0 Å². The summed E-state index contributed by atoms with van der Waals surface area (Å²) in [5.41, 5.74) is 2.07. The number of rotatable bonds is 4. The Kier molecular flexibility index (Phi) is 5.15. The zero-order valence-electron chi connectivity index (χ0n) is 10.7. The number of halogens is 1. The van der Waals surface area contributed by atoms with Crippen molar-refractivity contribution in [3.05, 3.63) is 64.1 Å². The number of hydrogen-bond donors (Lipinski definition) is 2. The van der Waals surface area contributed by atoms with Gasteiger partial charge in [0.1, 0.15) is 6.61 Å². The lowest BCUT2D eigenvalue weighted by Crippen LogP contribution is -2.14. The van der Waals surface area contributed by atoms with Crippen LogP contribution in [-0.4, -0.2) is 11.2 Å². The van der Waals surface area contributed by atoms with E-state index in [2.05, 4.69) is 21.2 Å². The lowest BCUT2D eigenvalue weighted by Gasteiger charge is -2.10. The minimum Gasteiger partial charge on any atom is -0.444 e. The van der Waals surface area contributed by atoms with Crippen LogP contribution in [0.25, 0.3) is 0 Å². The monoisotopic (exact) mass is 335 g/mol. The summed E-state index contributed by atoms with van der Waals surface area (Å²) in [4.78, 5) is 11.7. The van der Waals surface area contributed by atoms with E-state index in [4.69, 9.17) is 4.74 Å². The van der Waals surface area contributed by atoms with Crippen LogP contribution in [0.2, 0.25) is 0 Å². The lowest BCUT2D eigenvalue weighted by atomic mass is 10.2. The van der Waals surface area contributed by atoms with Gasteiger partial charge in [0, 0.05) is 15.7 Å². The van der Waals surface area contributed by atoms with E-state index in [1.807, 2.05) is 30.3 Å². The SMILES string of the molecule is O=C(Nc1ccc(Br)cc1CO)OCc1ccccc1. The standard InChI is InChI=1S/C15H14BrNO3/c16-13-6-7-14(12(8-13)9-18)17-15(19)20-10-11-4-2-1-3-5-11/h1-8,18H,9-10H2,(H,17,19). The summed E-state index contributed by atoms with van der Waals surface area (Å²) < 4.78 is 5.96. The maximum absolute atomic E-state index is 11.7. The van der Waals surface area contributed by atoms with Crippen molar-refractivity contribution in [3.8, 4) is 0 Å². The number of amides is 1. The summed E-state index contributed by atoms with van der Waals surface area (Å²) in [6, 6.07) is 14.7. The summed E-state index contributed by atoms with van der Waals surface area (Å²) in [6.07, 6.45) is -0.550. The highest BCUT2D eigenvalue weighted by atomic mass is 79.9. The minimum atomic E-state index is -0.550. The number of aliphatic hydroxyl groups is 1. The Hall–Kier alpha value is -1.85. The Bertz CT molecular complexity index is 587. The molecule has 0 aromatic heterocycles. The minimum absolute atomic E-state index is 0.159. The third kappa shape index (κ3) is 4.08. The quantitative estimate of drug-likeness (QED) is 0.895. The number of carbonyl (C=O) groups excluding carboxylic acids is 1. The Balaban J connectivity index is 1.95. The number of carbonyl (C=O) groups is 1. The van der Waals surface area contributed by atoms with Gasteiger partial charge < -0.3 is 9.84 Å². The van der Waals surface area contributed by atoms with Gasteiger partial charge in [0.15, 0.2) is 0 Å². The molecule has 5 heteroatoms. The zero-order chi connectivity index (χ0) is 14.4. The van der Waals surface area contributed by atoms with Crippen molar-refractivity contribution >= 4 is 27.7 Å². The first kappa shape index (κ1) is 14.6. The second-order valence-electron chi connectivity index (χ2n) is 4.15. The van der Waals surface area contributed by atoms with Gasteiger partial charge in [0.25, 0.3) is 0 Å². The van der Waals surface area contributed by atoms with Gasteiger partial charge in [-0.15, -0.1) is 0 Å². The summed E-state index contributed by atoms with van der Waals surface area (Å²) in [5, 5.41) is 11.9. The molecule has 0 aliphatic rings. The van der Waals surface area contributed by atoms with Crippen molar-refractivity contribution in [2.45, 2.75) is 13.2 Å². The van der Waals surface area contributed by atoms with Crippen LogP contribution in [0, 0.1) is 0 Å². The molecule has 0 bridgehead atoms. The van der Waals surface area contributed by atoms with Crippen LogP contribution in [0.3, 0.4) is 0 Å². The molecule has 0 saturated carbocycles. The largest absolute Gasteiger partial charge is 0.444 e. The van der Waals surface area contributed by atoms with Crippen LogP contribution in [0.4, 0.5) is 10.5 Å². The fourth-order valence-corrected chi connectivity index (χ4v) is 2.09. The van der Waals surface area contributed by atoms with E-state index in [9.17, 15) is 9.90 Å². The maximum atomic E-state index is 11.7. The molecule has 0 heterocycles. The zero-order valence-corrected chi connectivity index (χ0v) is 12.3. The van der Waals surface area contributed by atoms with Gasteiger partial charge in [-0.05, 0) is 23.8 Å². The number of benzene rings is 2. The smallest absolute Gasteiger partial charge is 0.411 e. The number of hydrogen-bond acceptors (Lipinski definition) is 3. The van der Waals surface area contributed by atoms with Gasteiger partial charge in [-0.3, -0.25) is 5.32 Å². The first-order valence-corrected chi connectivity index (χ1v) is 6.85. The van der Waals surface area contributed by atoms with E-state index >= 15 is 0 Å². The van der Waals surface area contributed by atoms with Crippen molar-refractivity contribution in [1.82, 2.24) is 0 Å². The molecule has 0 aliphatic heterocycles. The molecular weight excluding hydrogens is 322 g/mol. The van der Waals surface area contributed by atoms with Crippen LogP contribution < -0.4 is 5.32 Å². The Morgan fingerprint density at radius 3 is 2.65 bits per heavy atom. The number of ether oxygens (including phenoxy) is 1. The highest BCUT2D eigenvalue weighted by Gasteiger charge is 2.08. The van der Waals surface area contributed by atoms with Crippen molar-refractivity contribution in [2.75, 3.05) is 5.32 Å². The maximum Gasteiger partial charge on any atom is 0.411 e. The molecule has 0 radical (unpaired) electrons. The first-order chi connectivity index (χ1) is 9.69. The van der Waals surface area contributed by atoms with Crippen LogP contribution in [-0.2, 0) is 18.0 Å². The summed E-state index contributed by atoms with van der Waals surface area (Å²) in [5.74, 6) is 0. The predicted molar refractivity (Wildman–Crippen MR) is 80.3 cm³/mol. The molecule has 20 heavy (non-hydrogen) atoms. The fraction of sp³-hybridized carbons (Fsp3) is 0.133. The molecule has 2 N–H and O–H groups in total. The molecule has 1 amide bonds. The molecule has 0 unspecified atom stereocenters. The Labute approximate surface area is 125 Å². The highest BCUT2D eigenvalue weighted by Crippen LogP contribution is 2.21. The molecule has 0 aliphatic carbocycles. The van der Waals surface area contributed by atoms with Crippen molar-refractivity contribution < 1.29 is 14.6 Å². The number of nitrogens with one attached hydrogen (secondary N) is 1. The molecule has 0 atom stereocenters. The van der Waals surface area contributed by atoms with Crippen LogP contribution in [0.15, 0.2) is 53.0 Å². The van der Waals surface area contributed by atoms with E-state index < -0.39 is 6.09 Å². The van der Waals surface area contributed by atoms with E-state index in [-0.39, 0.29) is 13.2 Å². The van der Waals surface area contributed by atoms with Gasteiger partial charge in [-0.1, -0.05) is 46.3 Å². The van der Waals surface area contributed by atoms with E-state index in [0.717, 1.165) is 10.0 Å². The normalized spacial score (nSPS) is 10.1. The average Bonchev–Trinajstić information content (AvgIpc) is 2.48. The topological polar surface area (TPSA) is 58.6 Å². The molecule has 4 nitrogen and oxygen atoms in total. The van der Waals surface area contributed by atoms with Gasteiger partial charge in [0.2, 0.25) is 0 Å². The molecule has 2 aromatic carbocycles. The Morgan fingerprint density at radius 2 is 1.95 bits per heavy atom. The van der Waals surface area contributed by atoms with Crippen LogP contribution in [0.1, 0.15) is 11.1 Å². The molecule has 104 valence electrons. The van der Waals surface area contributed by atoms with Crippen molar-refractivity contribution in [1.29, 1.82) is 0 Å². The second kappa shape index (κ2) is 7.07. The van der Waals surface area contributed by atoms with Gasteiger partial charge in [0.05, 0.1) is 6.61 Å². The second-order valence-corrected chi connectivity index (χ2v) is 5.06. The molecule has 0 fully saturated rings. The summed E-state index contributed by atoms with van der Waals surface area (Å²) in [6.45, 7) is 0.0470. The van der Waals surface area contributed by atoms with Gasteiger partial charge >= 0.3 is 6.09 Å². The van der Waals surface area contributed by atoms with Crippen molar-refractivity contribution in [3.63, 3.8) is 0 Å². The van der Waals surface area contributed by atoms with E-state index in [1.165, 1.54) is 0 Å². The number of aliphatic hydroxyl groups excluding tert-OH is 1. The Morgan fingerprint density at radius 1 is 1.20 bits per heavy atom.